The highest BCUT2D eigenvalue weighted by molar-refractivity contribution is 5.80. The van der Waals surface area contributed by atoms with E-state index in [1.807, 2.05) is 6.92 Å². The van der Waals surface area contributed by atoms with E-state index in [0.29, 0.717) is 18.9 Å². The van der Waals surface area contributed by atoms with Crippen molar-refractivity contribution in [2.24, 2.45) is 11.8 Å². The fraction of sp³-hybridized carbons (Fsp3) is 0.917. The topological polar surface area (TPSA) is 60.8 Å². The van der Waals surface area contributed by atoms with E-state index in [9.17, 15) is 15.0 Å². The van der Waals surface area contributed by atoms with Crippen LogP contribution < -0.4 is 0 Å². The second kappa shape index (κ2) is 4.34. The van der Waals surface area contributed by atoms with E-state index in [1.54, 1.807) is 4.90 Å². The fourth-order valence-corrected chi connectivity index (χ4v) is 2.70. The number of hydrogen-bond donors (Lipinski definition) is 2. The van der Waals surface area contributed by atoms with Crippen molar-refractivity contribution in [3.8, 4) is 0 Å². The standard InChI is InChI=1S/C12H21NO3/c1-9(10-3-4-10)11(16)13-6-2-5-12(13,7-14)8-15/h9-10,14-15H,2-8H2,1H3/t9-/m0/s1. The summed E-state index contributed by atoms with van der Waals surface area (Å²) < 4.78 is 0. The first kappa shape index (κ1) is 11.9. The number of carbonyl (C=O) groups excluding carboxylic acids is 1. The number of nitrogens with zero attached hydrogens (tertiary/aromatic N) is 1. The van der Waals surface area contributed by atoms with Crippen LogP contribution in [-0.2, 0) is 4.79 Å². The third kappa shape index (κ3) is 1.84. The first-order chi connectivity index (χ1) is 7.64. The lowest BCUT2D eigenvalue weighted by atomic mass is 9.96. The van der Waals surface area contributed by atoms with Crippen LogP contribution in [0.5, 0.6) is 0 Å². The van der Waals surface area contributed by atoms with E-state index in [-0.39, 0.29) is 25.0 Å². The zero-order chi connectivity index (χ0) is 11.8. The van der Waals surface area contributed by atoms with Gasteiger partial charge in [-0.05, 0) is 31.6 Å². The maximum absolute atomic E-state index is 12.3. The Balaban J connectivity index is 2.09. The van der Waals surface area contributed by atoms with Gasteiger partial charge in [-0.25, -0.2) is 0 Å². The molecule has 4 nitrogen and oxygen atoms in total. The largest absolute Gasteiger partial charge is 0.394 e. The van der Waals surface area contributed by atoms with Gasteiger partial charge in [-0.3, -0.25) is 4.79 Å². The lowest BCUT2D eigenvalue weighted by Gasteiger charge is -2.37. The lowest BCUT2D eigenvalue weighted by Crippen LogP contribution is -2.54. The van der Waals surface area contributed by atoms with Gasteiger partial charge in [0.15, 0.2) is 0 Å². The summed E-state index contributed by atoms with van der Waals surface area (Å²) in [6.45, 7) is 2.38. The molecule has 2 rings (SSSR count). The predicted molar refractivity (Wildman–Crippen MR) is 59.7 cm³/mol. The molecule has 1 aliphatic carbocycles. The predicted octanol–water partition coefficient (Wildman–Crippen LogP) is 0.378. The molecule has 1 saturated carbocycles. The third-order valence-electron chi connectivity index (χ3n) is 4.17. The summed E-state index contributed by atoms with van der Waals surface area (Å²) in [5.41, 5.74) is -0.694. The first-order valence-corrected chi connectivity index (χ1v) is 6.18. The molecule has 4 heteroatoms. The van der Waals surface area contributed by atoms with E-state index < -0.39 is 5.54 Å². The Labute approximate surface area is 96.3 Å². The van der Waals surface area contributed by atoms with Crippen molar-refractivity contribution in [3.63, 3.8) is 0 Å². The van der Waals surface area contributed by atoms with E-state index >= 15 is 0 Å². The summed E-state index contributed by atoms with van der Waals surface area (Å²) in [5.74, 6) is 0.696. The van der Waals surface area contributed by atoms with Crippen LogP contribution in [0.1, 0.15) is 32.6 Å². The van der Waals surface area contributed by atoms with E-state index in [4.69, 9.17) is 0 Å². The van der Waals surface area contributed by atoms with Crippen LogP contribution in [0.15, 0.2) is 0 Å². The van der Waals surface area contributed by atoms with Crippen LogP contribution in [0.2, 0.25) is 0 Å². The molecule has 1 aliphatic heterocycles. The summed E-state index contributed by atoms with van der Waals surface area (Å²) in [7, 11) is 0. The van der Waals surface area contributed by atoms with Crippen LogP contribution in [-0.4, -0.2) is 46.3 Å². The van der Waals surface area contributed by atoms with Gasteiger partial charge in [0.05, 0.1) is 18.8 Å². The zero-order valence-corrected chi connectivity index (χ0v) is 9.85. The molecule has 1 heterocycles. The fourth-order valence-electron chi connectivity index (χ4n) is 2.70. The molecule has 0 spiro atoms. The quantitative estimate of drug-likeness (QED) is 0.730. The number of aliphatic hydroxyl groups excluding tert-OH is 2. The molecule has 16 heavy (non-hydrogen) atoms. The average Bonchev–Trinajstić information content (AvgIpc) is 3.07. The van der Waals surface area contributed by atoms with Gasteiger partial charge in [0.25, 0.3) is 0 Å². The van der Waals surface area contributed by atoms with Crippen LogP contribution in [0.25, 0.3) is 0 Å². The normalized spacial score (nSPS) is 25.8. The summed E-state index contributed by atoms with van der Waals surface area (Å²) in [4.78, 5) is 14.0. The highest BCUT2D eigenvalue weighted by Gasteiger charge is 2.46. The minimum Gasteiger partial charge on any atom is -0.394 e. The molecule has 1 saturated heterocycles. The molecule has 1 amide bonds. The molecule has 0 aromatic carbocycles. The number of aliphatic hydroxyl groups is 2. The highest BCUT2D eigenvalue weighted by Crippen LogP contribution is 2.39. The Hall–Kier alpha value is -0.610. The molecule has 92 valence electrons. The minimum absolute atomic E-state index is 0.0515. The van der Waals surface area contributed by atoms with Crippen molar-refractivity contribution in [2.45, 2.75) is 38.1 Å². The molecule has 0 aromatic rings. The van der Waals surface area contributed by atoms with E-state index in [1.165, 1.54) is 0 Å². The first-order valence-electron chi connectivity index (χ1n) is 6.18. The lowest BCUT2D eigenvalue weighted by molar-refractivity contribution is -0.143. The summed E-state index contributed by atoms with van der Waals surface area (Å²) in [6, 6.07) is 0. The maximum Gasteiger partial charge on any atom is 0.226 e. The Kier molecular flexibility index (Phi) is 3.22. The Morgan fingerprint density at radius 1 is 1.44 bits per heavy atom. The van der Waals surface area contributed by atoms with Gasteiger partial charge in [0.2, 0.25) is 5.91 Å². The van der Waals surface area contributed by atoms with Gasteiger partial charge in [-0.1, -0.05) is 6.92 Å². The number of carbonyl (C=O) groups is 1. The Morgan fingerprint density at radius 3 is 2.56 bits per heavy atom. The van der Waals surface area contributed by atoms with E-state index in [2.05, 4.69) is 0 Å². The molecule has 2 N–H and O–H groups in total. The van der Waals surface area contributed by atoms with Crippen LogP contribution in [0.4, 0.5) is 0 Å². The molecule has 2 aliphatic rings. The summed E-state index contributed by atoms with van der Waals surface area (Å²) in [5, 5.41) is 18.8. The molecule has 0 radical (unpaired) electrons. The minimum atomic E-state index is -0.694. The van der Waals surface area contributed by atoms with Crippen LogP contribution >= 0.6 is 0 Å². The average molecular weight is 227 g/mol. The molecule has 1 atom stereocenters. The van der Waals surface area contributed by atoms with Crippen molar-refractivity contribution in [3.05, 3.63) is 0 Å². The summed E-state index contributed by atoms with van der Waals surface area (Å²) in [6.07, 6.45) is 3.88. The van der Waals surface area contributed by atoms with Crippen molar-refractivity contribution in [2.75, 3.05) is 19.8 Å². The van der Waals surface area contributed by atoms with Gasteiger partial charge in [-0.15, -0.1) is 0 Å². The number of likely N-dealkylation sites (tertiary alicyclic amines) is 1. The second-order valence-electron chi connectivity index (χ2n) is 5.26. The van der Waals surface area contributed by atoms with Crippen LogP contribution in [0.3, 0.4) is 0 Å². The van der Waals surface area contributed by atoms with Gasteiger partial charge in [0.1, 0.15) is 0 Å². The van der Waals surface area contributed by atoms with Crippen molar-refractivity contribution >= 4 is 5.91 Å². The SMILES string of the molecule is C[C@H](C(=O)N1CCCC1(CO)CO)C1CC1. The smallest absolute Gasteiger partial charge is 0.226 e. The third-order valence-corrected chi connectivity index (χ3v) is 4.17. The number of hydrogen-bond acceptors (Lipinski definition) is 3. The Bertz CT molecular complexity index is 271. The molecule has 0 bridgehead atoms. The molecule has 0 unspecified atom stereocenters. The van der Waals surface area contributed by atoms with Gasteiger partial charge < -0.3 is 15.1 Å². The van der Waals surface area contributed by atoms with E-state index in [0.717, 1.165) is 19.3 Å². The second-order valence-corrected chi connectivity index (χ2v) is 5.26. The van der Waals surface area contributed by atoms with Crippen molar-refractivity contribution < 1.29 is 15.0 Å². The molecular formula is C12H21NO3. The van der Waals surface area contributed by atoms with Gasteiger partial charge in [-0.2, -0.15) is 0 Å². The van der Waals surface area contributed by atoms with Crippen LogP contribution in [0, 0.1) is 11.8 Å². The molecule has 2 fully saturated rings. The number of amides is 1. The summed E-state index contributed by atoms with van der Waals surface area (Å²) >= 11 is 0. The maximum atomic E-state index is 12.3. The Morgan fingerprint density at radius 2 is 2.06 bits per heavy atom. The molecular weight excluding hydrogens is 206 g/mol. The number of rotatable bonds is 4. The van der Waals surface area contributed by atoms with Crippen molar-refractivity contribution in [1.82, 2.24) is 4.90 Å². The molecule has 0 aromatic heterocycles. The van der Waals surface area contributed by atoms with Gasteiger partial charge >= 0.3 is 0 Å². The monoisotopic (exact) mass is 227 g/mol. The van der Waals surface area contributed by atoms with Gasteiger partial charge in [0, 0.05) is 12.5 Å². The van der Waals surface area contributed by atoms with Crippen molar-refractivity contribution in [1.29, 1.82) is 0 Å². The highest BCUT2D eigenvalue weighted by atomic mass is 16.3. The zero-order valence-electron chi connectivity index (χ0n) is 9.85.